The SMILES string of the molecule is Cc1csc(Oc2cc(F)c(N)cc2F)n1. The summed E-state index contributed by atoms with van der Waals surface area (Å²) in [5.41, 5.74) is 5.71. The van der Waals surface area contributed by atoms with Crippen molar-refractivity contribution in [3.8, 4) is 10.9 Å². The first-order valence-corrected chi connectivity index (χ1v) is 5.28. The minimum Gasteiger partial charge on any atom is -0.428 e. The average Bonchev–Trinajstić information content (AvgIpc) is 2.60. The molecule has 0 bridgehead atoms. The second-order valence-electron chi connectivity index (χ2n) is 3.16. The van der Waals surface area contributed by atoms with Crippen LogP contribution in [0.5, 0.6) is 10.9 Å². The Labute approximate surface area is 94.5 Å². The van der Waals surface area contributed by atoms with Gasteiger partial charge in [-0.25, -0.2) is 13.8 Å². The molecule has 0 unspecified atom stereocenters. The van der Waals surface area contributed by atoms with Gasteiger partial charge in [-0.15, -0.1) is 0 Å². The van der Waals surface area contributed by atoms with Crippen LogP contribution in [0.3, 0.4) is 0 Å². The van der Waals surface area contributed by atoms with Gasteiger partial charge >= 0.3 is 0 Å². The molecule has 3 nitrogen and oxygen atoms in total. The molecule has 1 heterocycles. The topological polar surface area (TPSA) is 48.1 Å². The highest BCUT2D eigenvalue weighted by Gasteiger charge is 2.11. The molecule has 0 spiro atoms. The molecule has 6 heteroatoms. The number of thiazole rings is 1. The van der Waals surface area contributed by atoms with E-state index in [-0.39, 0.29) is 16.6 Å². The first-order chi connectivity index (χ1) is 7.56. The molecule has 0 saturated carbocycles. The molecule has 1 aromatic heterocycles. The lowest BCUT2D eigenvalue weighted by molar-refractivity contribution is 0.434. The normalized spacial score (nSPS) is 10.4. The number of nitrogens with two attached hydrogens (primary N) is 1. The van der Waals surface area contributed by atoms with E-state index in [1.165, 1.54) is 11.3 Å². The quantitative estimate of drug-likeness (QED) is 0.823. The lowest BCUT2D eigenvalue weighted by Gasteiger charge is -2.04. The van der Waals surface area contributed by atoms with Crippen molar-refractivity contribution in [3.63, 3.8) is 0 Å². The third kappa shape index (κ3) is 2.11. The first-order valence-electron chi connectivity index (χ1n) is 4.41. The number of nitrogen functional groups attached to an aromatic ring is 1. The molecule has 84 valence electrons. The molecule has 2 rings (SSSR count). The Morgan fingerprint density at radius 2 is 2.06 bits per heavy atom. The van der Waals surface area contributed by atoms with Crippen molar-refractivity contribution in [1.29, 1.82) is 0 Å². The highest BCUT2D eigenvalue weighted by atomic mass is 32.1. The van der Waals surface area contributed by atoms with Gasteiger partial charge in [0.15, 0.2) is 11.6 Å². The summed E-state index contributed by atoms with van der Waals surface area (Å²) in [5.74, 6) is -1.66. The van der Waals surface area contributed by atoms with E-state index < -0.39 is 11.6 Å². The fourth-order valence-electron chi connectivity index (χ4n) is 1.10. The van der Waals surface area contributed by atoms with Crippen LogP contribution in [0.15, 0.2) is 17.5 Å². The van der Waals surface area contributed by atoms with Crippen LogP contribution in [-0.2, 0) is 0 Å². The van der Waals surface area contributed by atoms with Gasteiger partial charge in [-0.1, -0.05) is 11.3 Å². The van der Waals surface area contributed by atoms with E-state index in [1.807, 2.05) is 0 Å². The number of hydrogen-bond donors (Lipinski definition) is 1. The zero-order chi connectivity index (χ0) is 11.7. The van der Waals surface area contributed by atoms with E-state index in [4.69, 9.17) is 10.5 Å². The van der Waals surface area contributed by atoms with E-state index in [0.29, 0.717) is 0 Å². The van der Waals surface area contributed by atoms with Crippen LogP contribution in [0.4, 0.5) is 14.5 Å². The summed E-state index contributed by atoms with van der Waals surface area (Å²) in [4.78, 5) is 3.98. The van der Waals surface area contributed by atoms with Crippen LogP contribution in [0.25, 0.3) is 0 Å². The van der Waals surface area contributed by atoms with Gasteiger partial charge in [-0.05, 0) is 6.92 Å². The Kier molecular flexibility index (Phi) is 2.74. The van der Waals surface area contributed by atoms with E-state index in [9.17, 15) is 8.78 Å². The van der Waals surface area contributed by atoms with Crippen molar-refractivity contribution in [2.75, 3.05) is 5.73 Å². The van der Waals surface area contributed by atoms with Gasteiger partial charge in [0, 0.05) is 17.5 Å². The Morgan fingerprint density at radius 3 is 2.69 bits per heavy atom. The van der Waals surface area contributed by atoms with Crippen LogP contribution in [0, 0.1) is 18.6 Å². The summed E-state index contributed by atoms with van der Waals surface area (Å²) in [5, 5.41) is 2.02. The molecule has 1 aromatic carbocycles. The summed E-state index contributed by atoms with van der Waals surface area (Å²) in [7, 11) is 0. The van der Waals surface area contributed by atoms with Gasteiger partial charge < -0.3 is 10.5 Å². The summed E-state index contributed by atoms with van der Waals surface area (Å²) >= 11 is 1.21. The number of rotatable bonds is 2. The number of benzene rings is 1. The van der Waals surface area contributed by atoms with Crippen molar-refractivity contribution in [2.45, 2.75) is 6.92 Å². The van der Waals surface area contributed by atoms with E-state index in [2.05, 4.69) is 4.98 Å². The van der Waals surface area contributed by atoms with Crippen molar-refractivity contribution < 1.29 is 13.5 Å². The molecule has 2 N–H and O–H groups in total. The average molecular weight is 242 g/mol. The highest BCUT2D eigenvalue weighted by molar-refractivity contribution is 7.11. The Balaban J connectivity index is 2.31. The molecule has 0 radical (unpaired) electrons. The van der Waals surface area contributed by atoms with Gasteiger partial charge in [0.25, 0.3) is 5.19 Å². The zero-order valence-corrected chi connectivity index (χ0v) is 9.15. The number of hydrogen-bond acceptors (Lipinski definition) is 4. The number of anilines is 1. The summed E-state index contributed by atoms with van der Waals surface area (Å²) in [6, 6.07) is 1.78. The maximum atomic E-state index is 13.3. The van der Waals surface area contributed by atoms with Gasteiger partial charge in [0.2, 0.25) is 0 Å². The van der Waals surface area contributed by atoms with Crippen LogP contribution in [-0.4, -0.2) is 4.98 Å². The third-order valence-corrected chi connectivity index (χ3v) is 2.68. The minimum absolute atomic E-state index is 0.221. The molecule has 0 atom stereocenters. The number of ether oxygens (including phenoxy) is 1. The van der Waals surface area contributed by atoms with Gasteiger partial charge in [-0.3, -0.25) is 0 Å². The Bertz CT molecular complexity index is 528. The summed E-state index contributed by atoms with van der Waals surface area (Å²) in [6.45, 7) is 1.78. The number of nitrogens with zero attached hydrogens (tertiary/aromatic N) is 1. The standard InChI is InChI=1S/C10H8F2N2OS/c1-5-4-16-10(14-5)15-9-3-6(11)8(13)2-7(9)12/h2-4H,13H2,1H3. The molecule has 0 fully saturated rings. The molecule has 0 amide bonds. The first kappa shape index (κ1) is 10.8. The smallest absolute Gasteiger partial charge is 0.278 e. The molecule has 2 aromatic rings. The number of aromatic nitrogens is 1. The monoisotopic (exact) mass is 242 g/mol. The number of aryl methyl sites for hydroxylation is 1. The Morgan fingerprint density at radius 1 is 1.31 bits per heavy atom. The predicted octanol–water partition coefficient (Wildman–Crippen LogP) is 3.10. The second-order valence-corrected chi connectivity index (χ2v) is 3.98. The third-order valence-electron chi connectivity index (χ3n) is 1.85. The summed E-state index contributed by atoms with van der Waals surface area (Å²) < 4.78 is 31.5. The van der Waals surface area contributed by atoms with E-state index in [1.54, 1.807) is 12.3 Å². The molecule has 0 saturated heterocycles. The largest absolute Gasteiger partial charge is 0.428 e. The summed E-state index contributed by atoms with van der Waals surface area (Å²) in [6.07, 6.45) is 0. The molecular weight excluding hydrogens is 234 g/mol. The predicted molar refractivity (Wildman–Crippen MR) is 57.7 cm³/mol. The molecule has 0 aliphatic heterocycles. The van der Waals surface area contributed by atoms with Crippen molar-refractivity contribution in [3.05, 3.63) is 34.8 Å². The molecule has 0 aliphatic rings. The lowest BCUT2D eigenvalue weighted by Crippen LogP contribution is -1.95. The second kappa shape index (κ2) is 4.05. The molecular formula is C10H8F2N2OS. The zero-order valence-electron chi connectivity index (χ0n) is 8.33. The van der Waals surface area contributed by atoms with Crippen LogP contribution < -0.4 is 10.5 Å². The molecule has 0 aliphatic carbocycles. The maximum Gasteiger partial charge on any atom is 0.278 e. The van der Waals surface area contributed by atoms with Crippen LogP contribution >= 0.6 is 11.3 Å². The molecule has 16 heavy (non-hydrogen) atoms. The minimum atomic E-state index is -0.718. The number of halogens is 2. The highest BCUT2D eigenvalue weighted by Crippen LogP contribution is 2.29. The van der Waals surface area contributed by atoms with Gasteiger partial charge in [0.1, 0.15) is 5.82 Å². The van der Waals surface area contributed by atoms with Crippen molar-refractivity contribution in [2.24, 2.45) is 0 Å². The van der Waals surface area contributed by atoms with Gasteiger partial charge in [0.05, 0.1) is 11.4 Å². The van der Waals surface area contributed by atoms with E-state index in [0.717, 1.165) is 17.8 Å². The lowest BCUT2D eigenvalue weighted by atomic mass is 10.3. The van der Waals surface area contributed by atoms with Crippen LogP contribution in [0.2, 0.25) is 0 Å². The fraction of sp³-hybridized carbons (Fsp3) is 0.100. The van der Waals surface area contributed by atoms with Crippen molar-refractivity contribution >= 4 is 17.0 Å². The van der Waals surface area contributed by atoms with Crippen LogP contribution in [0.1, 0.15) is 5.69 Å². The fourth-order valence-corrected chi connectivity index (χ4v) is 1.75. The van der Waals surface area contributed by atoms with Crippen molar-refractivity contribution in [1.82, 2.24) is 4.98 Å². The van der Waals surface area contributed by atoms with E-state index >= 15 is 0 Å². The van der Waals surface area contributed by atoms with Gasteiger partial charge in [-0.2, -0.15) is 0 Å². The Hall–Kier alpha value is -1.69. The maximum absolute atomic E-state index is 13.3.